The third-order valence-electron chi connectivity index (χ3n) is 2.34. The van der Waals surface area contributed by atoms with E-state index in [4.69, 9.17) is 17.3 Å². The summed E-state index contributed by atoms with van der Waals surface area (Å²) in [6.45, 7) is 3.89. The third-order valence-corrected chi connectivity index (χ3v) is 2.65. The van der Waals surface area contributed by atoms with Crippen molar-refractivity contribution >= 4 is 22.5 Å². The summed E-state index contributed by atoms with van der Waals surface area (Å²) in [5.41, 5.74) is 7.65. The molecule has 0 saturated heterocycles. The van der Waals surface area contributed by atoms with Gasteiger partial charge in [-0.3, -0.25) is 0 Å². The van der Waals surface area contributed by atoms with E-state index in [9.17, 15) is 0 Å². The van der Waals surface area contributed by atoms with Crippen LogP contribution in [0.5, 0.6) is 0 Å². The van der Waals surface area contributed by atoms with Crippen LogP contribution in [0.3, 0.4) is 0 Å². The lowest BCUT2D eigenvalue weighted by Crippen LogP contribution is -2.28. The second-order valence-electron chi connectivity index (χ2n) is 4.12. The Morgan fingerprint density at radius 2 is 2.07 bits per heavy atom. The van der Waals surface area contributed by atoms with E-state index in [1.807, 2.05) is 38.2 Å². The van der Waals surface area contributed by atoms with Crippen molar-refractivity contribution in [1.29, 1.82) is 0 Å². The Hall–Kier alpha value is -0.990. The number of nitrogens with two attached hydrogens (primary N) is 1. The standard InChI is InChI=1S/C11H13ClN2/c1-11(2,13)8-6-10-7(3-4-14-10)5-9(8)12/h3-6,14H,13H2,1-2H3. The molecule has 0 aliphatic rings. The number of aromatic amines is 1. The molecule has 0 spiro atoms. The van der Waals surface area contributed by atoms with Gasteiger partial charge in [0.1, 0.15) is 0 Å². The van der Waals surface area contributed by atoms with Crippen molar-refractivity contribution in [2.24, 2.45) is 5.73 Å². The van der Waals surface area contributed by atoms with Crippen molar-refractivity contribution in [3.8, 4) is 0 Å². The summed E-state index contributed by atoms with van der Waals surface area (Å²) in [6.07, 6.45) is 1.90. The molecule has 0 bridgehead atoms. The van der Waals surface area contributed by atoms with Gasteiger partial charge in [0.15, 0.2) is 0 Å². The number of hydrogen-bond acceptors (Lipinski definition) is 1. The van der Waals surface area contributed by atoms with Crippen LogP contribution in [0.2, 0.25) is 5.02 Å². The molecule has 3 N–H and O–H groups in total. The van der Waals surface area contributed by atoms with Crippen LogP contribution in [0.4, 0.5) is 0 Å². The lowest BCUT2D eigenvalue weighted by Gasteiger charge is -2.20. The Kier molecular flexibility index (Phi) is 2.05. The van der Waals surface area contributed by atoms with E-state index in [2.05, 4.69) is 4.98 Å². The zero-order chi connectivity index (χ0) is 10.3. The molecule has 2 nitrogen and oxygen atoms in total. The number of aromatic nitrogens is 1. The minimum absolute atomic E-state index is 0.406. The highest BCUT2D eigenvalue weighted by atomic mass is 35.5. The Bertz CT molecular complexity index is 466. The van der Waals surface area contributed by atoms with Gasteiger partial charge >= 0.3 is 0 Å². The van der Waals surface area contributed by atoms with Gasteiger partial charge in [0.05, 0.1) is 0 Å². The fraction of sp³-hybridized carbons (Fsp3) is 0.273. The third kappa shape index (κ3) is 1.51. The molecule has 2 rings (SSSR count). The molecule has 0 unspecified atom stereocenters. The molecule has 0 saturated carbocycles. The lowest BCUT2D eigenvalue weighted by atomic mass is 9.95. The maximum absolute atomic E-state index is 6.15. The summed E-state index contributed by atoms with van der Waals surface area (Å²) in [7, 11) is 0. The van der Waals surface area contributed by atoms with Gasteiger partial charge in [-0.15, -0.1) is 0 Å². The molecule has 1 aromatic heterocycles. The fourth-order valence-electron chi connectivity index (χ4n) is 1.57. The van der Waals surface area contributed by atoms with Crippen molar-refractivity contribution in [1.82, 2.24) is 4.98 Å². The Morgan fingerprint density at radius 3 is 2.71 bits per heavy atom. The van der Waals surface area contributed by atoms with Crippen LogP contribution >= 0.6 is 11.6 Å². The Labute approximate surface area is 88.1 Å². The monoisotopic (exact) mass is 208 g/mol. The average molecular weight is 209 g/mol. The molecule has 1 heterocycles. The highest BCUT2D eigenvalue weighted by Gasteiger charge is 2.18. The number of halogens is 1. The SMILES string of the molecule is CC(C)(N)c1cc2[nH]ccc2cc1Cl. The molecule has 74 valence electrons. The van der Waals surface area contributed by atoms with Gasteiger partial charge < -0.3 is 10.7 Å². The molecule has 3 heteroatoms. The van der Waals surface area contributed by atoms with Crippen molar-refractivity contribution in [3.05, 3.63) is 35.0 Å². The van der Waals surface area contributed by atoms with Gasteiger partial charge in [0.2, 0.25) is 0 Å². The number of nitrogens with one attached hydrogen (secondary N) is 1. The molecule has 0 radical (unpaired) electrons. The minimum Gasteiger partial charge on any atom is -0.361 e. The van der Waals surface area contributed by atoms with Gasteiger partial charge in [-0.05, 0) is 37.6 Å². The zero-order valence-corrected chi connectivity index (χ0v) is 9.02. The van der Waals surface area contributed by atoms with Gasteiger partial charge in [-0.25, -0.2) is 0 Å². The van der Waals surface area contributed by atoms with Crippen LogP contribution in [-0.4, -0.2) is 4.98 Å². The summed E-state index contributed by atoms with van der Waals surface area (Å²) in [5, 5.41) is 1.84. The summed E-state index contributed by atoms with van der Waals surface area (Å²) in [6, 6.07) is 5.95. The number of rotatable bonds is 1. The largest absolute Gasteiger partial charge is 0.361 e. The number of H-pyrrole nitrogens is 1. The Morgan fingerprint density at radius 1 is 1.36 bits per heavy atom. The van der Waals surface area contributed by atoms with E-state index < -0.39 is 5.54 Å². The Balaban J connectivity index is 2.71. The van der Waals surface area contributed by atoms with E-state index in [0.717, 1.165) is 21.5 Å². The van der Waals surface area contributed by atoms with Gasteiger partial charge in [0.25, 0.3) is 0 Å². The smallest absolute Gasteiger partial charge is 0.0463 e. The quantitative estimate of drug-likeness (QED) is 0.743. The van der Waals surface area contributed by atoms with Crippen LogP contribution in [0, 0.1) is 0 Å². The maximum Gasteiger partial charge on any atom is 0.0463 e. The highest BCUT2D eigenvalue weighted by Crippen LogP contribution is 2.29. The van der Waals surface area contributed by atoms with Crippen molar-refractivity contribution in [2.45, 2.75) is 19.4 Å². The fourth-order valence-corrected chi connectivity index (χ4v) is 1.98. The van der Waals surface area contributed by atoms with E-state index in [0.29, 0.717) is 0 Å². The predicted molar refractivity (Wildman–Crippen MR) is 60.5 cm³/mol. The first-order valence-corrected chi connectivity index (χ1v) is 4.92. The van der Waals surface area contributed by atoms with E-state index in [-0.39, 0.29) is 0 Å². The maximum atomic E-state index is 6.15. The summed E-state index contributed by atoms with van der Waals surface area (Å²) in [4.78, 5) is 3.15. The molecule has 14 heavy (non-hydrogen) atoms. The van der Waals surface area contributed by atoms with Crippen LogP contribution in [0.1, 0.15) is 19.4 Å². The van der Waals surface area contributed by atoms with E-state index in [1.165, 1.54) is 0 Å². The molecular weight excluding hydrogens is 196 g/mol. The van der Waals surface area contributed by atoms with Gasteiger partial charge in [0, 0.05) is 27.7 Å². The topological polar surface area (TPSA) is 41.8 Å². The molecule has 1 aromatic carbocycles. The van der Waals surface area contributed by atoms with Gasteiger partial charge in [-0.2, -0.15) is 0 Å². The molecule has 0 aliphatic heterocycles. The van der Waals surface area contributed by atoms with Gasteiger partial charge in [-0.1, -0.05) is 11.6 Å². The van der Waals surface area contributed by atoms with E-state index >= 15 is 0 Å². The predicted octanol–water partition coefficient (Wildman–Crippen LogP) is 3.02. The number of fused-ring (bicyclic) bond motifs is 1. The second-order valence-corrected chi connectivity index (χ2v) is 4.53. The molecule has 0 aliphatic carbocycles. The molecule has 0 amide bonds. The van der Waals surface area contributed by atoms with Crippen molar-refractivity contribution in [3.63, 3.8) is 0 Å². The average Bonchev–Trinajstić information content (AvgIpc) is 2.47. The van der Waals surface area contributed by atoms with E-state index in [1.54, 1.807) is 0 Å². The summed E-state index contributed by atoms with van der Waals surface area (Å²) >= 11 is 6.15. The normalized spacial score (nSPS) is 12.3. The molecular formula is C11H13ClN2. The van der Waals surface area contributed by atoms with Crippen LogP contribution < -0.4 is 5.73 Å². The molecule has 2 aromatic rings. The zero-order valence-electron chi connectivity index (χ0n) is 8.26. The van der Waals surface area contributed by atoms with Crippen molar-refractivity contribution in [2.75, 3.05) is 0 Å². The van der Waals surface area contributed by atoms with Crippen LogP contribution in [0.25, 0.3) is 10.9 Å². The van der Waals surface area contributed by atoms with Crippen molar-refractivity contribution < 1.29 is 0 Å². The molecule has 0 atom stereocenters. The minimum atomic E-state index is -0.406. The summed E-state index contributed by atoms with van der Waals surface area (Å²) in [5.74, 6) is 0. The first kappa shape index (κ1) is 9.56. The lowest BCUT2D eigenvalue weighted by molar-refractivity contribution is 0.555. The van der Waals surface area contributed by atoms with Crippen LogP contribution in [0.15, 0.2) is 24.4 Å². The number of benzene rings is 1. The second kappa shape index (κ2) is 3.01. The first-order chi connectivity index (χ1) is 6.48. The summed E-state index contributed by atoms with van der Waals surface area (Å²) < 4.78 is 0. The number of hydrogen-bond donors (Lipinski definition) is 2. The van der Waals surface area contributed by atoms with Crippen LogP contribution in [-0.2, 0) is 5.54 Å². The first-order valence-electron chi connectivity index (χ1n) is 4.54. The molecule has 0 fully saturated rings. The highest BCUT2D eigenvalue weighted by molar-refractivity contribution is 6.32.